The third-order valence-corrected chi connectivity index (χ3v) is 5.00. The fourth-order valence-corrected chi connectivity index (χ4v) is 3.66. The van der Waals surface area contributed by atoms with Gasteiger partial charge >= 0.3 is 6.03 Å². The quantitative estimate of drug-likeness (QED) is 0.835. The van der Waals surface area contributed by atoms with Crippen LogP contribution in [0.1, 0.15) is 29.7 Å². The van der Waals surface area contributed by atoms with Gasteiger partial charge in [-0.1, -0.05) is 6.07 Å². The lowest BCUT2D eigenvalue weighted by Gasteiger charge is -2.22. The number of hydrogen-bond acceptors (Lipinski definition) is 4. The Balaban J connectivity index is 1.82. The van der Waals surface area contributed by atoms with E-state index in [0.29, 0.717) is 16.7 Å². The van der Waals surface area contributed by atoms with Crippen molar-refractivity contribution in [2.75, 3.05) is 6.54 Å². The number of β-amino-alcohol motifs (C(OH)–C–C–N with tert-alkyl or cyclic N) is 1. The van der Waals surface area contributed by atoms with E-state index in [-0.39, 0.29) is 6.54 Å². The highest BCUT2D eigenvalue weighted by atomic mass is 32.1. The van der Waals surface area contributed by atoms with Crippen LogP contribution in [0, 0.1) is 12.7 Å². The Morgan fingerprint density at radius 3 is 2.75 bits per heavy atom. The standard InChI is InChI=1S/C17H17FN2O3S/c1-10-7-12(18)3-4-13(10)14(21)8-20-15(22)17(2,19-16(20)23)11-5-6-24-9-11/h3-7,9,14,21H,8H2,1-2H3,(H,19,23). The summed E-state index contributed by atoms with van der Waals surface area (Å²) < 4.78 is 13.2. The maximum absolute atomic E-state index is 13.2. The number of nitrogens with zero attached hydrogens (tertiary/aromatic N) is 1. The normalized spacial score (nSPS) is 21.9. The molecule has 3 rings (SSSR count). The van der Waals surface area contributed by atoms with Crippen LogP contribution in [-0.2, 0) is 10.3 Å². The average molecular weight is 348 g/mol. The lowest BCUT2D eigenvalue weighted by atomic mass is 9.94. The first-order chi connectivity index (χ1) is 11.3. The van der Waals surface area contributed by atoms with Crippen LogP contribution in [0.25, 0.3) is 0 Å². The van der Waals surface area contributed by atoms with E-state index in [0.717, 1.165) is 4.90 Å². The van der Waals surface area contributed by atoms with Crippen molar-refractivity contribution in [1.82, 2.24) is 10.2 Å². The molecule has 1 fully saturated rings. The van der Waals surface area contributed by atoms with Gasteiger partial charge < -0.3 is 10.4 Å². The molecule has 24 heavy (non-hydrogen) atoms. The Bertz CT molecular complexity index is 793. The SMILES string of the molecule is Cc1cc(F)ccc1C(O)CN1C(=O)NC(C)(c2ccsc2)C1=O. The summed E-state index contributed by atoms with van der Waals surface area (Å²) in [4.78, 5) is 26.0. The third-order valence-electron chi connectivity index (χ3n) is 4.32. The minimum atomic E-state index is -1.13. The molecule has 0 saturated carbocycles. The van der Waals surface area contributed by atoms with E-state index in [4.69, 9.17) is 0 Å². The molecule has 2 aromatic rings. The van der Waals surface area contributed by atoms with Crippen molar-refractivity contribution < 1.29 is 19.1 Å². The lowest BCUT2D eigenvalue weighted by molar-refractivity contribution is -0.132. The number of halogens is 1. The number of carbonyl (C=O) groups is 2. The summed E-state index contributed by atoms with van der Waals surface area (Å²) in [6.45, 7) is 3.13. The van der Waals surface area contributed by atoms with Crippen LogP contribution in [0.4, 0.5) is 9.18 Å². The van der Waals surface area contributed by atoms with E-state index in [9.17, 15) is 19.1 Å². The number of hydrogen-bond donors (Lipinski definition) is 2. The van der Waals surface area contributed by atoms with E-state index >= 15 is 0 Å². The Hall–Kier alpha value is -2.25. The van der Waals surface area contributed by atoms with Crippen molar-refractivity contribution in [3.05, 3.63) is 57.5 Å². The summed E-state index contributed by atoms with van der Waals surface area (Å²) in [5.74, 6) is -0.812. The molecule has 0 bridgehead atoms. The second kappa shape index (κ2) is 5.99. The van der Waals surface area contributed by atoms with Crippen molar-refractivity contribution >= 4 is 23.3 Å². The first kappa shape index (κ1) is 16.6. The van der Waals surface area contributed by atoms with Gasteiger partial charge in [-0.15, -0.1) is 0 Å². The van der Waals surface area contributed by atoms with Crippen molar-refractivity contribution in [3.63, 3.8) is 0 Å². The second-order valence-electron chi connectivity index (χ2n) is 6.00. The molecule has 1 aromatic heterocycles. The summed E-state index contributed by atoms with van der Waals surface area (Å²) in [5.41, 5.74) is 0.631. The number of rotatable bonds is 4. The monoisotopic (exact) mass is 348 g/mol. The zero-order valence-electron chi connectivity index (χ0n) is 13.2. The second-order valence-corrected chi connectivity index (χ2v) is 6.78. The first-order valence-corrected chi connectivity index (χ1v) is 8.38. The number of imide groups is 1. The number of thiophene rings is 1. The Morgan fingerprint density at radius 2 is 2.12 bits per heavy atom. The smallest absolute Gasteiger partial charge is 0.325 e. The number of amides is 3. The predicted molar refractivity (Wildman–Crippen MR) is 88.0 cm³/mol. The van der Waals surface area contributed by atoms with Gasteiger partial charge in [-0.05, 0) is 59.5 Å². The summed E-state index contributed by atoms with van der Waals surface area (Å²) in [6, 6.07) is 5.25. The van der Waals surface area contributed by atoms with Gasteiger partial charge in [0, 0.05) is 0 Å². The Labute approximate surface area is 142 Å². The van der Waals surface area contributed by atoms with Gasteiger partial charge in [-0.3, -0.25) is 9.69 Å². The average Bonchev–Trinajstić information content (AvgIpc) is 3.12. The molecule has 1 aromatic carbocycles. The van der Waals surface area contributed by atoms with Gasteiger partial charge in [0.05, 0.1) is 12.6 Å². The van der Waals surface area contributed by atoms with E-state index in [2.05, 4.69) is 5.32 Å². The minimum absolute atomic E-state index is 0.184. The van der Waals surface area contributed by atoms with Crippen LogP contribution in [0.3, 0.4) is 0 Å². The summed E-state index contributed by atoms with van der Waals surface area (Å²) in [7, 11) is 0. The van der Waals surface area contributed by atoms with Crippen LogP contribution in [0.15, 0.2) is 35.0 Å². The molecule has 1 saturated heterocycles. The van der Waals surface area contributed by atoms with Crippen LogP contribution >= 0.6 is 11.3 Å². The molecule has 2 heterocycles. The van der Waals surface area contributed by atoms with Crippen LogP contribution in [-0.4, -0.2) is 28.5 Å². The summed E-state index contributed by atoms with van der Waals surface area (Å²) in [6.07, 6.45) is -1.08. The highest BCUT2D eigenvalue weighted by Gasteiger charge is 2.49. The van der Waals surface area contributed by atoms with Gasteiger partial charge in [-0.2, -0.15) is 11.3 Å². The third kappa shape index (κ3) is 2.70. The maximum Gasteiger partial charge on any atom is 0.325 e. The van der Waals surface area contributed by atoms with Crippen molar-refractivity contribution in [1.29, 1.82) is 0 Å². The highest BCUT2D eigenvalue weighted by molar-refractivity contribution is 7.08. The number of aliphatic hydroxyl groups is 1. The molecule has 3 amide bonds. The number of benzene rings is 1. The molecule has 2 N–H and O–H groups in total. The molecule has 0 radical (unpaired) electrons. The molecule has 0 aliphatic carbocycles. The maximum atomic E-state index is 13.2. The Morgan fingerprint density at radius 1 is 1.38 bits per heavy atom. The van der Waals surface area contributed by atoms with Gasteiger partial charge in [0.2, 0.25) is 0 Å². The molecular weight excluding hydrogens is 331 g/mol. The van der Waals surface area contributed by atoms with Gasteiger partial charge in [-0.25, -0.2) is 9.18 Å². The molecule has 1 aliphatic heterocycles. The van der Waals surface area contributed by atoms with E-state index in [1.165, 1.54) is 29.5 Å². The van der Waals surface area contributed by atoms with E-state index in [1.54, 1.807) is 19.9 Å². The molecule has 0 spiro atoms. The highest BCUT2D eigenvalue weighted by Crippen LogP contribution is 2.31. The fourth-order valence-electron chi connectivity index (χ4n) is 2.89. The fraction of sp³-hybridized carbons (Fsp3) is 0.294. The van der Waals surface area contributed by atoms with Crippen LogP contribution in [0.2, 0.25) is 0 Å². The van der Waals surface area contributed by atoms with Gasteiger partial charge in [0.15, 0.2) is 0 Å². The van der Waals surface area contributed by atoms with E-state index < -0.39 is 29.4 Å². The minimum Gasteiger partial charge on any atom is -0.387 e. The topological polar surface area (TPSA) is 69.6 Å². The number of aryl methyl sites for hydroxylation is 1. The van der Waals surface area contributed by atoms with Crippen LogP contribution in [0.5, 0.6) is 0 Å². The molecule has 2 unspecified atom stereocenters. The Kier molecular flexibility index (Phi) is 4.15. The van der Waals surface area contributed by atoms with Crippen molar-refractivity contribution in [3.8, 4) is 0 Å². The molecule has 1 aliphatic rings. The molecule has 5 nitrogen and oxygen atoms in total. The van der Waals surface area contributed by atoms with Crippen molar-refractivity contribution in [2.45, 2.75) is 25.5 Å². The van der Waals surface area contributed by atoms with Crippen molar-refractivity contribution in [2.24, 2.45) is 0 Å². The molecule has 126 valence electrons. The lowest BCUT2D eigenvalue weighted by Crippen LogP contribution is -2.41. The number of aliphatic hydroxyl groups excluding tert-OH is 1. The number of carbonyl (C=O) groups excluding carboxylic acids is 2. The molecular formula is C17H17FN2O3S. The molecule has 2 atom stereocenters. The predicted octanol–water partition coefficient (Wildman–Crippen LogP) is 2.70. The largest absolute Gasteiger partial charge is 0.387 e. The van der Waals surface area contributed by atoms with Gasteiger partial charge in [0.25, 0.3) is 5.91 Å². The zero-order valence-corrected chi connectivity index (χ0v) is 14.1. The summed E-state index contributed by atoms with van der Waals surface area (Å²) in [5, 5.41) is 16.7. The first-order valence-electron chi connectivity index (χ1n) is 7.44. The molecule has 7 heteroatoms. The number of urea groups is 1. The number of nitrogens with one attached hydrogen (secondary N) is 1. The van der Waals surface area contributed by atoms with Gasteiger partial charge in [0.1, 0.15) is 11.4 Å². The van der Waals surface area contributed by atoms with E-state index in [1.807, 2.05) is 10.8 Å². The zero-order chi connectivity index (χ0) is 17.5. The van der Waals surface area contributed by atoms with Crippen LogP contribution < -0.4 is 5.32 Å². The summed E-state index contributed by atoms with van der Waals surface area (Å²) >= 11 is 1.44.